The Bertz CT molecular complexity index is 565. The molecule has 1 saturated carbocycles. The fourth-order valence-corrected chi connectivity index (χ4v) is 3.18. The lowest BCUT2D eigenvalue weighted by atomic mass is 9.78. The summed E-state index contributed by atoms with van der Waals surface area (Å²) in [5.74, 6) is -0.786. The van der Waals surface area contributed by atoms with Gasteiger partial charge in [-0.1, -0.05) is 25.0 Å². The van der Waals surface area contributed by atoms with Gasteiger partial charge >= 0.3 is 5.97 Å². The zero-order valence-electron chi connectivity index (χ0n) is 13.7. The first kappa shape index (κ1) is 17.4. The summed E-state index contributed by atoms with van der Waals surface area (Å²) in [4.78, 5) is 24.2. The number of esters is 1. The molecule has 1 fully saturated rings. The van der Waals surface area contributed by atoms with Crippen molar-refractivity contribution >= 4 is 11.9 Å². The zero-order valence-corrected chi connectivity index (χ0v) is 13.7. The third-order valence-electron chi connectivity index (χ3n) is 4.25. The van der Waals surface area contributed by atoms with E-state index in [9.17, 15) is 14.0 Å². The molecule has 0 aromatic heterocycles. The molecule has 1 aliphatic rings. The first-order valence-corrected chi connectivity index (χ1v) is 8.18. The lowest BCUT2D eigenvalue weighted by Crippen LogP contribution is -2.43. The molecule has 0 aliphatic heterocycles. The van der Waals surface area contributed by atoms with Crippen molar-refractivity contribution in [3.8, 4) is 0 Å². The molecule has 0 spiro atoms. The Hall–Kier alpha value is -1.91. The van der Waals surface area contributed by atoms with E-state index in [1.54, 1.807) is 26.0 Å². The summed E-state index contributed by atoms with van der Waals surface area (Å²) in [6, 6.07) is 6.27. The molecule has 1 N–H and O–H groups in total. The first-order valence-electron chi connectivity index (χ1n) is 8.18. The van der Waals surface area contributed by atoms with Gasteiger partial charge in [-0.25, -0.2) is 4.39 Å². The minimum absolute atomic E-state index is 0.127. The smallest absolute Gasteiger partial charge is 0.307 e. The summed E-state index contributed by atoms with van der Waals surface area (Å²) in [5.41, 5.74) is 0.0431. The first-order chi connectivity index (χ1) is 10.9. The van der Waals surface area contributed by atoms with Crippen LogP contribution in [0, 0.1) is 5.82 Å². The molecule has 0 atom stereocenters. The van der Waals surface area contributed by atoms with E-state index < -0.39 is 5.41 Å². The topological polar surface area (TPSA) is 55.4 Å². The second-order valence-corrected chi connectivity index (χ2v) is 6.34. The van der Waals surface area contributed by atoms with Crippen molar-refractivity contribution in [1.29, 1.82) is 0 Å². The number of carbonyl (C=O) groups excluding carboxylic acids is 2. The molecule has 0 saturated heterocycles. The molecule has 5 heteroatoms. The quantitative estimate of drug-likeness (QED) is 0.819. The Morgan fingerprint density at radius 3 is 2.61 bits per heavy atom. The SMILES string of the molecule is CC(C)OC(=O)CCNC(=O)C1(c2cccc(F)c2)CCCC1. The van der Waals surface area contributed by atoms with Crippen LogP contribution in [0.15, 0.2) is 24.3 Å². The molecule has 1 aromatic rings. The maximum absolute atomic E-state index is 13.5. The van der Waals surface area contributed by atoms with E-state index in [0.29, 0.717) is 12.8 Å². The molecule has 0 radical (unpaired) electrons. The van der Waals surface area contributed by atoms with Crippen LogP contribution in [0.5, 0.6) is 0 Å². The van der Waals surface area contributed by atoms with Crippen molar-refractivity contribution in [3.05, 3.63) is 35.6 Å². The minimum atomic E-state index is -0.677. The van der Waals surface area contributed by atoms with Crippen molar-refractivity contribution < 1.29 is 18.7 Å². The summed E-state index contributed by atoms with van der Waals surface area (Å²) in [5, 5.41) is 2.83. The number of benzene rings is 1. The Morgan fingerprint density at radius 1 is 1.30 bits per heavy atom. The summed E-state index contributed by atoms with van der Waals surface area (Å²) in [7, 11) is 0. The van der Waals surface area contributed by atoms with Gasteiger partial charge in [0.25, 0.3) is 0 Å². The van der Waals surface area contributed by atoms with Crippen LogP contribution in [0.25, 0.3) is 0 Å². The van der Waals surface area contributed by atoms with Gasteiger partial charge in [-0.15, -0.1) is 0 Å². The summed E-state index contributed by atoms with van der Waals surface area (Å²) in [6.07, 6.45) is 3.28. The van der Waals surface area contributed by atoms with E-state index in [-0.39, 0.29) is 36.8 Å². The third kappa shape index (κ3) is 4.30. The molecule has 2 rings (SSSR count). The van der Waals surface area contributed by atoms with Gasteiger partial charge < -0.3 is 10.1 Å². The Kier molecular flexibility index (Phi) is 5.74. The fraction of sp³-hybridized carbons (Fsp3) is 0.556. The Labute approximate surface area is 136 Å². The predicted molar refractivity (Wildman–Crippen MR) is 85.4 cm³/mol. The predicted octanol–water partition coefficient (Wildman–Crippen LogP) is 3.10. The van der Waals surface area contributed by atoms with Crippen LogP contribution in [0.4, 0.5) is 4.39 Å². The molecule has 1 amide bonds. The summed E-state index contributed by atoms with van der Waals surface area (Å²) >= 11 is 0. The standard InChI is InChI=1S/C18H24FNO3/c1-13(2)23-16(21)8-11-20-17(22)18(9-3-4-10-18)14-6-5-7-15(19)12-14/h5-7,12-13H,3-4,8-11H2,1-2H3,(H,20,22). The molecular weight excluding hydrogens is 297 g/mol. The third-order valence-corrected chi connectivity index (χ3v) is 4.25. The van der Waals surface area contributed by atoms with Crippen LogP contribution in [0.2, 0.25) is 0 Å². The molecule has 0 heterocycles. The van der Waals surface area contributed by atoms with E-state index >= 15 is 0 Å². The van der Waals surface area contributed by atoms with Crippen LogP contribution >= 0.6 is 0 Å². The second kappa shape index (κ2) is 7.57. The number of nitrogens with one attached hydrogen (secondary N) is 1. The minimum Gasteiger partial charge on any atom is -0.463 e. The molecule has 0 unspecified atom stereocenters. The van der Waals surface area contributed by atoms with Crippen molar-refractivity contribution in [2.24, 2.45) is 0 Å². The highest BCUT2D eigenvalue weighted by molar-refractivity contribution is 5.88. The van der Waals surface area contributed by atoms with Crippen molar-refractivity contribution in [2.75, 3.05) is 6.54 Å². The lowest BCUT2D eigenvalue weighted by molar-refractivity contribution is -0.147. The van der Waals surface area contributed by atoms with E-state index in [1.165, 1.54) is 12.1 Å². The Balaban J connectivity index is 2.01. The van der Waals surface area contributed by atoms with E-state index in [1.807, 2.05) is 0 Å². The number of ether oxygens (including phenoxy) is 1. The second-order valence-electron chi connectivity index (χ2n) is 6.34. The average molecular weight is 321 g/mol. The summed E-state index contributed by atoms with van der Waals surface area (Å²) in [6.45, 7) is 3.81. The Morgan fingerprint density at radius 2 is 2.00 bits per heavy atom. The van der Waals surface area contributed by atoms with E-state index in [0.717, 1.165) is 18.4 Å². The van der Waals surface area contributed by atoms with Gasteiger partial charge in [0, 0.05) is 6.54 Å². The number of amides is 1. The number of halogens is 1. The zero-order chi connectivity index (χ0) is 16.9. The number of hydrogen-bond acceptors (Lipinski definition) is 3. The highest BCUT2D eigenvalue weighted by Gasteiger charge is 2.42. The lowest BCUT2D eigenvalue weighted by Gasteiger charge is -2.28. The number of hydrogen-bond donors (Lipinski definition) is 1. The van der Waals surface area contributed by atoms with Gasteiger partial charge in [0.05, 0.1) is 17.9 Å². The molecule has 1 aromatic carbocycles. The van der Waals surface area contributed by atoms with Crippen LogP contribution in [-0.4, -0.2) is 24.5 Å². The van der Waals surface area contributed by atoms with Gasteiger partial charge in [-0.3, -0.25) is 9.59 Å². The van der Waals surface area contributed by atoms with Crippen molar-refractivity contribution in [2.45, 2.75) is 57.5 Å². The highest BCUT2D eigenvalue weighted by atomic mass is 19.1. The van der Waals surface area contributed by atoms with Crippen LogP contribution in [0.1, 0.15) is 51.5 Å². The van der Waals surface area contributed by atoms with Crippen molar-refractivity contribution in [1.82, 2.24) is 5.32 Å². The number of rotatable bonds is 6. The van der Waals surface area contributed by atoms with Crippen molar-refractivity contribution in [3.63, 3.8) is 0 Å². The van der Waals surface area contributed by atoms with E-state index in [4.69, 9.17) is 4.74 Å². The van der Waals surface area contributed by atoms with Crippen LogP contribution in [-0.2, 0) is 19.7 Å². The van der Waals surface area contributed by atoms with E-state index in [2.05, 4.69) is 5.32 Å². The van der Waals surface area contributed by atoms with Gasteiger partial charge in [-0.05, 0) is 44.4 Å². The van der Waals surface area contributed by atoms with Gasteiger partial charge in [-0.2, -0.15) is 0 Å². The summed E-state index contributed by atoms with van der Waals surface area (Å²) < 4.78 is 18.6. The highest BCUT2D eigenvalue weighted by Crippen LogP contribution is 2.41. The molecule has 0 bridgehead atoms. The maximum Gasteiger partial charge on any atom is 0.307 e. The van der Waals surface area contributed by atoms with Gasteiger partial charge in [0.15, 0.2) is 0 Å². The largest absolute Gasteiger partial charge is 0.463 e. The monoisotopic (exact) mass is 321 g/mol. The fourth-order valence-electron chi connectivity index (χ4n) is 3.18. The van der Waals surface area contributed by atoms with Gasteiger partial charge in [0.2, 0.25) is 5.91 Å². The normalized spacial score (nSPS) is 16.3. The molecule has 4 nitrogen and oxygen atoms in total. The average Bonchev–Trinajstić information content (AvgIpc) is 2.97. The molecular formula is C18H24FNO3. The molecule has 1 aliphatic carbocycles. The molecule has 126 valence electrons. The maximum atomic E-state index is 13.5. The molecule has 23 heavy (non-hydrogen) atoms. The van der Waals surface area contributed by atoms with Crippen LogP contribution in [0.3, 0.4) is 0 Å². The van der Waals surface area contributed by atoms with Crippen LogP contribution < -0.4 is 5.32 Å². The number of carbonyl (C=O) groups is 2. The van der Waals surface area contributed by atoms with Gasteiger partial charge in [0.1, 0.15) is 5.82 Å².